The summed E-state index contributed by atoms with van der Waals surface area (Å²) in [6.07, 6.45) is -4.17. The molecule has 2 unspecified atom stereocenters. The molecule has 242 valence electrons. The van der Waals surface area contributed by atoms with Crippen molar-refractivity contribution < 1.29 is 76.9 Å². The van der Waals surface area contributed by atoms with Crippen molar-refractivity contribution in [3.05, 3.63) is 77.2 Å². The first-order chi connectivity index (χ1) is 21.3. The predicted octanol–water partition coefficient (Wildman–Crippen LogP) is -1.84. The van der Waals surface area contributed by atoms with E-state index in [0.717, 1.165) is 18.4 Å². The molecule has 0 radical (unpaired) electrons. The zero-order valence-electron chi connectivity index (χ0n) is 25.3. The van der Waals surface area contributed by atoms with Crippen LogP contribution in [-0.2, 0) is 21.6 Å². The minimum atomic E-state index is -3.03. The maximum absolute atomic E-state index is 13.1. The Morgan fingerprint density at radius 1 is 0.978 bits per heavy atom. The molecule has 46 heavy (non-hydrogen) atoms. The molecule has 3 aromatic rings. The maximum Gasteiger partial charge on any atom is 1.00 e. The minimum Gasteiger partial charge on any atom is -0.547 e. The van der Waals surface area contributed by atoms with E-state index in [2.05, 4.69) is 14.7 Å². The molecule has 1 saturated carbocycles. The van der Waals surface area contributed by atoms with Crippen molar-refractivity contribution in [2.24, 2.45) is 0 Å². The van der Waals surface area contributed by atoms with E-state index in [4.69, 9.17) is 14.2 Å². The summed E-state index contributed by atoms with van der Waals surface area (Å²) in [5.74, 6) is -2.13. The number of aromatic nitrogens is 2. The van der Waals surface area contributed by atoms with E-state index < -0.39 is 48.9 Å². The van der Waals surface area contributed by atoms with Crippen LogP contribution in [0.2, 0.25) is 0 Å². The van der Waals surface area contributed by atoms with Gasteiger partial charge in [-0.3, -0.25) is 4.98 Å². The predicted molar refractivity (Wildman–Crippen MR) is 148 cm³/mol. The molecule has 0 bridgehead atoms. The van der Waals surface area contributed by atoms with Crippen LogP contribution in [0.3, 0.4) is 0 Å². The summed E-state index contributed by atoms with van der Waals surface area (Å²) >= 11 is 0. The summed E-state index contributed by atoms with van der Waals surface area (Å²) in [5.41, 5.74) is 1.45. The summed E-state index contributed by atoms with van der Waals surface area (Å²) in [5, 5.41) is 51.8. The normalized spacial score (nSPS) is 23.7. The van der Waals surface area contributed by atoms with E-state index in [9.17, 15) is 39.1 Å². The maximum atomic E-state index is 13.1. The standard InChI is InChI=1S/C31H34F2N2O10.Li/c1-31(2,41)22-9-5-17(14-34-22)19(16-4-8-20(43-30(32)33)21(12-16)42-18-6-7-18)11-15-3-10-23(35-13-15)44-29-26(38)24(36)25(37)27(45-29)28(39)40;/h3-5,8-10,12-14,18-19,24-27,29-30,36-38,41H,6-7,11H2,1-2H3,(H,39,40);/q;+1/p-1/t19-,24+,25-,26?,27?,29+;/m0./s1. The van der Waals surface area contributed by atoms with Gasteiger partial charge in [-0.1, -0.05) is 18.2 Å². The number of ether oxygens (including phenoxy) is 4. The number of aliphatic hydroxyl groups excluding tert-OH is 3. The average Bonchev–Trinajstić information content (AvgIpc) is 3.81. The van der Waals surface area contributed by atoms with E-state index in [-0.39, 0.29) is 48.3 Å². The quantitative estimate of drug-likeness (QED) is 0.163. The van der Waals surface area contributed by atoms with Crippen molar-refractivity contribution in [3.63, 3.8) is 0 Å². The molecule has 5 rings (SSSR count). The molecular formula is C31H33F2LiN2O10. The van der Waals surface area contributed by atoms with Gasteiger partial charge in [-0.15, -0.1) is 0 Å². The Kier molecular flexibility index (Phi) is 11.3. The molecule has 15 heteroatoms. The second kappa shape index (κ2) is 14.6. The number of nitrogens with zero attached hydrogens (tertiary/aromatic N) is 2. The minimum absolute atomic E-state index is 0. The zero-order chi connectivity index (χ0) is 32.5. The second-order valence-electron chi connectivity index (χ2n) is 11.5. The Hall–Kier alpha value is -3.35. The third kappa shape index (κ3) is 8.51. The van der Waals surface area contributed by atoms with E-state index in [1.54, 1.807) is 44.3 Å². The monoisotopic (exact) mass is 638 g/mol. The van der Waals surface area contributed by atoms with Gasteiger partial charge >= 0.3 is 25.5 Å². The second-order valence-corrected chi connectivity index (χ2v) is 11.5. The molecule has 1 aromatic carbocycles. The van der Waals surface area contributed by atoms with Crippen molar-refractivity contribution in [1.82, 2.24) is 9.97 Å². The number of aliphatic hydroxyl groups is 4. The number of carboxylic acids is 1. The first kappa shape index (κ1) is 35.5. The van der Waals surface area contributed by atoms with Crippen LogP contribution >= 0.6 is 0 Å². The van der Waals surface area contributed by atoms with Crippen molar-refractivity contribution in [1.29, 1.82) is 0 Å². The molecular weight excluding hydrogens is 605 g/mol. The Morgan fingerprint density at radius 2 is 1.70 bits per heavy atom. The van der Waals surface area contributed by atoms with Crippen LogP contribution in [0.5, 0.6) is 17.4 Å². The molecule has 12 nitrogen and oxygen atoms in total. The van der Waals surface area contributed by atoms with Crippen molar-refractivity contribution in [3.8, 4) is 17.4 Å². The fourth-order valence-electron chi connectivity index (χ4n) is 4.89. The Balaban J connectivity index is 0.00000480. The summed E-state index contributed by atoms with van der Waals surface area (Å²) in [4.78, 5) is 19.9. The number of rotatable bonds is 12. The van der Waals surface area contributed by atoms with Gasteiger partial charge < -0.3 is 49.3 Å². The van der Waals surface area contributed by atoms with Crippen molar-refractivity contribution >= 4 is 5.97 Å². The third-order valence-corrected chi connectivity index (χ3v) is 7.50. The van der Waals surface area contributed by atoms with Crippen LogP contribution in [0, 0.1) is 0 Å². The third-order valence-electron chi connectivity index (χ3n) is 7.50. The van der Waals surface area contributed by atoms with E-state index in [1.165, 1.54) is 18.3 Å². The van der Waals surface area contributed by atoms with Crippen LogP contribution in [0.4, 0.5) is 8.78 Å². The number of carboxylic acid groups (broad SMARTS) is 1. The summed E-state index contributed by atoms with van der Waals surface area (Å²) in [6, 6.07) is 11.4. The topological polar surface area (TPSA) is 184 Å². The summed E-state index contributed by atoms with van der Waals surface area (Å²) < 4.78 is 47.3. The smallest absolute Gasteiger partial charge is 0.547 e. The largest absolute Gasteiger partial charge is 1.00 e. The molecule has 0 spiro atoms. The number of carbonyl (C=O) groups is 1. The number of halogens is 2. The number of hydrogen-bond donors (Lipinski definition) is 4. The number of alkyl halides is 2. The van der Waals surface area contributed by atoms with Gasteiger partial charge in [0.15, 0.2) is 11.5 Å². The fourth-order valence-corrected chi connectivity index (χ4v) is 4.89. The number of pyridine rings is 2. The van der Waals surface area contributed by atoms with Crippen molar-refractivity contribution in [2.75, 3.05) is 0 Å². The Bertz CT molecular complexity index is 1470. The Morgan fingerprint density at radius 3 is 2.26 bits per heavy atom. The van der Waals surface area contributed by atoms with Gasteiger partial charge in [0.25, 0.3) is 0 Å². The van der Waals surface area contributed by atoms with E-state index >= 15 is 0 Å². The van der Waals surface area contributed by atoms with Crippen LogP contribution < -0.4 is 38.2 Å². The summed E-state index contributed by atoms with van der Waals surface area (Å²) in [7, 11) is 0. The summed E-state index contributed by atoms with van der Waals surface area (Å²) in [6.45, 7) is 0.201. The SMILES string of the molecule is CC(C)(O)c1ccc([C@@H](Cc2ccc(O[C@@H]3OC(C(=O)[O-])[C@@H](O)[C@@H](O)C3O)nc2)c2ccc(OC(F)F)c(OC3CC3)c2)cn1.[Li+]. The molecule has 6 atom stereocenters. The number of benzene rings is 1. The fraction of sp³-hybridized carbons (Fsp3) is 0.452. The molecule has 1 saturated heterocycles. The Labute approximate surface area is 275 Å². The number of aliphatic carboxylic acids is 1. The molecule has 0 amide bonds. The average molecular weight is 639 g/mol. The molecule has 2 aliphatic rings. The van der Waals surface area contributed by atoms with Crippen LogP contribution in [0.15, 0.2) is 54.9 Å². The zero-order valence-corrected chi connectivity index (χ0v) is 25.3. The molecule has 1 aliphatic carbocycles. The first-order valence-corrected chi connectivity index (χ1v) is 14.3. The van der Waals surface area contributed by atoms with Gasteiger partial charge in [-0.2, -0.15) is 8.78 Å². The van der Waals surface area contributed by atoms with Gasteiger partial charge in [-0.25, -0.2) is 4.98 Å². The number of hydrogen-bond acceptors (Lipinski definition) is 12. The molecule has 3 heterocycles. The molecule has 4 N–H and O–H groups in total. The van der Waals surface area contributed by atoms with E-state index in [1.807, 2.05) is 6.07 Å². The van der Waals surface area contributed by atoms with Crippen LogP contribution in [-0.4, -0.2) is 79.8 Å². The van der Waals surface area contributed by atoms with Gasteiger partial charge in [-0.05, 0) is 68.0 Å². The van der Waals surface area contributed by atoms with Gasteiger partial charge in [0.05, 0.1) is 17.8 Å². The van der Waals surface area contributed by atoms with Gasteiger partial charge in [0.2, 0.25) is 12.2 Å². The molecule has 1 aliphatic heterocycles. The van der Waals surface area contributed by atoms with Crippen LogP contribution in [0.1, 0.15) is 55.0 Å². The van der Waals surface area contributed by atoms with E-state index in [0.29, 0.717) is 23.2 Å². The van der Waals surface area contributed by atoms with Crippen molar-refractivity contribution in [2.45, 2.75) is 88.1 Å². The van der Waals surface area contributed by atoms with Gasteiger partial charge in [0.1, 0.15) is 30.0 Å². The molecule has 2 fully saturated rings. The number of carbonyl (C=O) groups excluding carboxylic acids is 1. The van der Waals surface area contributed by atoms with Crippen LogP contribution in [0.25, 0.3) is 0 Å². The molecule has 2 aromatic heterocycles. The van der Waals surface area contributed by atoms with Gasteiger partial charge in [0, 0.05) is 24.4 Å². The first-order valence-electron chi connectivity index (χ1n) is 14.3.